The zero-order valence-corrected chi connectivity index (χ0v) is 14.6. The van der Waals surface area contributed by atoms with Gasteiger partial charge in [-0.05, 0) is 53.4 Å². The van der Waals surface area contributed by atoms with Crippen LogP contribution in [0.2, 0.25) is 0 Å². The van der Waals surface area contributed by atoms with Gasteiger partial charge in [0.2, 0.25) is 0 Å². The molecular formula is C17H33O4. The Bertz CT molecular complexity index is 285. The summed E-state index contributed by atoms with van der Waals surface area (Å²) in [7, 11) is 0. The van der Waals surface area contributed by atoms with Gasteiger partial charge in [0, 0.05) is 0 Å². The first kappa shape index (κ1) is 18.9. The Hall–Kier alpha value is -0.160. The van der Waals surface area contributed by atoms with Crippen LogP contribution in [0.15, 0.2) is 0 Å². The highest BCUT2D eigenvalue weighted by molar-refractivity contribution is 4.95. The van der Waals surface area contributed by atoms with Crippen LogP contribution in [0.1, 0.15) is 80.1 Å². The van der Waals surface area contributed by atoms with Crippen molar-refractivity contribution in [3.63, 3.8) is 0 Å². The predicted molar refractivity (Wildman–Crippen MR) is 82.5 cm³/mol. The molecule has 1 radical (unpaired) electrons. The van der Waals surface area contributed by atoms with E-state index in [0.29, 0.717) is 12.8 Å². The van der Waals surface area contributed by atoms with Crippen LogP contribution in [0.5, 0.6) is 0 Å². The average Bonchev–Trinajstić information content (AvgIpc) is 2.87. The van der Waals surface area contributed by atoms with Crippen molar-refractivity contribution >= 4 is 0 Å². The van der Waals surface area contributed by atoms with Crippen molar-refractivity contribution in [3.8, 4) is 0 Å². The molecule has 1 fully saturated rings. The Morgan fingerprint density at radius 1 is 0.952 bits per heavy atom. The van der Waals surface area contributed by atoms with Gasteiger partial charge in [-0.15, -0.1) is 0 Å². The third-order valence-electron chi connectivity index (χ3n) is 4.29. The van der Waals surface area contributed by atoms with Crippen LogP contribution in [0.4, 0.5) is 0 Å². The Labute approximate surface area is 130 Å². The van der Waals surface area contributed by atoms with Crippen LogP contribution in [0.3, 0.4) is 0 Å². The first-order valence-corrected chi connectivity index (χ1v) is 8.52. The molecule has 0 aromatic rings. The highest BCUT2D eigenvalue weighted by atomic mass is 16.8. The number of ether oxygens (including phenoxy) is 3. The van der Waals surface area contributed by atoms with Gasteiger partial charge in [-0.1, -0.05) is 26.7 Å². The fourth-order valence-electron chi connectivity index (χ4n) is 2.83. The molecule has 1 aliphatic rings. The molecule has 125 valence electrons. The molecule has 21 heavy (non-hydrogen) atoms. The lowest BCUT2D eigenvalue weighted by Crippen LogP contribution is -2.60. The zero-order chi connectivity index (χ0) is 16.1. The van der Waals surface area contributed by atoms with E-state index in [1.165, 1.54) is 0 Å². The summed E-state index contributed by atoms with van der Waals surface area (Å²) in [5, 5.41) is 13.5. The van der Waals surface area contributed by atoms with Crippen molar-refractivity contribution in [1.29, 1.82) is 0 Å². The van der Waals surface area contributed by atoms with E-state index in [2.05, 4.69) is 0 Å². The summed E-state index contributed by atoms with van der Waals surface area (Å²) in [5.74, 6) is -1.92. The molecule has 0 bridgehead atoms. The van der Waals surface area contributed by atoms with E-state index in [-0.39, 0.29) is 18.3 Å². The largest absolute Gasteiger partial charge is 0.364 e. The topological polar surface area (TPSA) is 47.6 Å². The van der Waals surface area contributed by atoms with Crippen molar-refractivity contribution in [2.45, 2.75) is 110 Å². The normalized spacial score (nSPS) is 24.0. The average molecular weight is 301 g/mol. The van der Waals surface area contributed by atoms with Gasteiger partial charge in [-0.25, -0.2) is 0 Å². The quantitative estimate of drug-likeness (QED) is 0.591. The number of hydrogen-bond donors (Lipinski definition) is 0. The summed E-state index contributed by atoms with van der Waals surface area (Å²) in [4.78, 5) is 0. The van der Waals surface area contributed by atoms with E-state index in [9.17, 15) is 5.11 Å². The van der Waals surface area contributed by atoms with Gasteiger partial charge in [0.15, 0.2) is 5.60 Å². The zero-order valence-electron chi connectivity index (χ0n) is 14.6. The molecule has 0 amide bonds. The highest BCUT2D eigenvalue weighted by Crippen LogP contribution is 2.45. The summed E-state index contributed by atoms with van der Waals surface area (Å²) < 4.78 is 17.8. The highest BCUT2D eigenvalue weighted by Gasteiger charge is 2.59. The van der Waals surface area contributed by atoms with Crippen molar-refractivity contribution in [2.24, 2.45) is 0 Å². The van der Waals surface area contributed by atoms with Gasteiger partial charge in [-0.2, -0.15) is 5.11 Å². The molecule has 0 heterocycles. The van der Waals surface area contributed by atoms with Crippen LogP contribution in [0.25, 0.3) is 0 Å². The first-order valence-electron chi connectivity index (χ1n) is 8.52. The molecule has 2 unspecified atom stereocenters. The van der Waals surface area contributed by atoms with E-state index in [1.54, 1.807) is 0 Å². The molecule has 0 aromatic heterocycles. The van der Waals surface area contributed by atoms with Crippen LogP contribution < -0.4 is 0 Å². The molecule has 4 heteroatoms. The van der Waals surface area contributed by atoms with Crippen molar-refractivity contribution in [2.75, 3.05) is 0 Å². The van der Waals surface area contributed by atoms with Crippen molar-refractivity contribution in [1.82, 2.24) is 0 Å². The summed E-state index contributed by atoms with van der Waals surface area (Å²) in [6.45, 7) is 11.8. The van der Waals surface area contributed by atoms with Gasteiger partial charge in [0.1, 0.15) is 0 Å². The maximum atomic E-state index is 13.5. The van der Waals surface area contributed by atoms with Gasteiger partial charge in [-0.3, -0.25) is 0 Å². The lowest BCUT2D eigenvalue weighted by atomic mass is 9.97. The molecule has 0 saturated heterocycles. The Morgan fingerprint density at radius 2 is 1.38 bits per heavy atom. The van der Waals surface area contributed by atoms with E-state index >= 15 is 0 Å². The summed E-state index contributed by atoms with van der Waals surface area (Å²) >= 11 is 0. The van der Waals surface area contributed by atoms with E-state index < -0.39 is 11.6 Å². The van der Waals surface area contributed by atoms with E-state index in [0.717, 1.165) is 25.7 Å². The minimum absolute atomic E-state index is 0.0162. The second-order valence-electron chi connectivity index (χ2n) is 6.60. The maximum absolute atomic E-state index is 13.5. The van der Waals surface area contributed by atoms with Crippen LogP contribution in [0, 0.1) is 0 Å². The van der Waals surface area contributed by atoms with Gasteiger partial charge in [0.05, 0.1) is 18.3 Å². The molecule has 1 rings (SSSR count). The molecule has 1 saturated carbocycles. The molecule has 0 aliphatic heterocycles. The minimum atomic E-state index is -1.92. The van der Waals surface area contributed by atoms with Crippen molar-refractivity contribution in [3.05, 3.63) is 0 Å². The second-order valence-corrected chi connectivity index (χ2v) is 6.60. The SMILES string of the molecule is CCC(C)OC([O])(OC(C)CC)C1(OC(C)C)CCCC1. The van der Waals surface area contributed by atoms with Gasteiger partial charge < -0.3 is 14.2 Å². The standard InChI is InChI=1S/C17H33O4/c1-7-14(5)20-17(18,21-15(6)8-2)16(19-13(3)4)11-9-10-12-16/h13-15H,7-12H2,1-6H3. The monoisotopic (exact) mass is 301 g/mol. The molecular weight excluding hydrogens is 268 g/mol. The fraction of sp³-hybridized carbons (Fsp3) is 1.00. The predicted octanol–water partition coefficient (Wildman–Crippen LogP) is 4.44. The van der Waals surface area contributed by atoms with E-state index in [1.807, 2.05) is 41.5 Å². The van der Waals surface area contributed by atoms with Crippen LogP contribution in [-0.4, -0.2) is 29.9 Å². The first-order chi connectivity index (χ1) is 9.78. The Morgan fingerprint density at radius 3 is 1.71 bits per heavy atom. The molecule has 0 N–H and O–H groups in total. The lowest BCUT2D eigenvalue weighted by Gasteiger charge is -2.44. The molecule has 0 spiro atoms. The molecule has 4 nitrogen and oxygen atoms in total. The maximum Gasteiger partial charge on any atom is 0.342 e. The molecule has 0 aromatic carbocycles. The summed E-state index contributed by atoms with van der Waals surface area (Å²) in [6, 6.07) is 0. The third kappa shape index (κ3) is 4.65. The fourth-order valence-corrected chi connectivity index (χ4v) is 2.83. The van der Waals surface area contributed by atoms with Crippen molar-refractivity contribution < 1.29 is 19.3 Å². The molecule has 1 aliphatic carbocycles. The number of rotatable bonds is 9. The van der Waals surface area contributed by atoms with Crippen LogP contribution >= 0.6 is 0 Å². The van der Waals surface area contributed by atoms with Gasteiger partial charge in [0.25, 0.3) is 0 Å². The summed E-state index contributed by atoms with van der Waals surface area (Å²) in [5.41, 5.74) is -0.867. The van der Waals surface area contributed by atoms with Gasteiger partial charge >= 0.3 is 5.97 Å². The lowest BCUT2D eigenvalue weighted by molar-refractivity contribution is -0.474. The second kappa shape index (κ2) is 7.91. The number of hydrogen-bond acceptors (Lipinski definition) is 3. The Kier molecular flexibility index (Phi) is 7.11. The molecule has 2 atom stereocenters. The van der Waals surface area contributed by atoms with Crippen LogP contribution in [-0.2, 0) is 19.3 Å². The summed E-state index contributed by atoms with van der Waals surface area (Å²) in [6.07, 6.45) is 4.67. The Balaban J connectivity index is 3.05. The van der Waals surface area contributed by atoms with E-state index in [4.69, 9.17) is 14.2 Å². The minimum Gasteiger partial charge on any atom is -0.364 e. The third-order valence-corrected chi connectivity index (χ3v) is 4.29. The smallest absolute Gasteiger partial charge is 0.342 e.